The average molecular weight is 292 g/mol. The Morgan fingerprint density at radius 3 is 2.65 bits per heavy atom. The highest BCUT2D eigenvalue weighted by Crippen LogP contribution is 2.28. The second-order valence-electron chi connectivity index (χ2n) is 6.65. The second-order valence-corrected chi connectivity index (χ2v) is 8.17. The average Bonchev–Trinajstić information content (AvgIpc) is 2.62. The molecule has 0 aromatic heterocycles. The van der Waals surface area contributed by atoms with Crippen molar-refractivity contribution < 1.29 is 0 Å². The molecule has 2 rings (SSSR count). The molecule has 0 aliphatic carbocycles. The Bertz CT molecular complexity index is 418. The highest BCUT2D eigenvalue weighted by atomic mass is 32.2. The first-order chi connectivity index (χ1) is 9.45. The monoisotopic (exact) mass is 292 g/mol. The van der Waals surface area contributed by atoms with Crippen LogP contribution in [0.3, 0.4) is 0 Å². The molecule has 1 unspecified atom stereocenters. The summed E-state index contributed by atoms with van der Waals surface area (Å²) in [6, 6.07) is 10.9. The molecule has 0 radical (unpaired) electrons. The van der Waals surface area contributed by atoms with Crippen LogP contribution in [0.4, 0.5) is 0 Å². The number of nitrogens with one attached hydrogen (secondary N) is 1. The van der Waals surface area contributed by atoms with Crippen molar-refractivity contribution in [2.45, 2.75) is 37.5 Å². The van der Waals surface area contributed by atoms with Crippen LogP contribution in [0.1, 0.15) is 32.8 Å². The SMILES string of the molecule is CSC(C)(C)CN1CCCNC(C)(c2ccccc2)C1. The van der Waals surface area contributed by atoms with Gasteiger partial charge in [-0.05, 0) is 52.1 Å². The summed E-state index contributed by atoms with van der Waals surface area (Å²) in [5.41, 5.74) is 1.46. The van der Waals surface area contributed by atoms with Crippen molar-refractivity contribution in [2.75, 3.05) is 32.4 Å². The van der Waals surface area contributed by atoms with Gasteiger partial charge in [-0.3, -0.25) is 4.90 Å². The topological polar surface area (TPSA) is 15.3 Å². The fourth-order valence-electron chi connectivity index (χ4n) is 2.99. The number of rotatable bonds is 4. The summed E-state index contributed by atoms with van der Waals surface area (Å²) in [5, 5.41) is 3.76. The summed E-state index contributed by atoms with van der Waals surface area (Å²) in [7, 11) is 0. The van der Waals surface area contributed by atoms with Gasteiger partial charge in [-0.2, -0.15) is 11.8 Å². The molecule has 1 heterocycles. The van der Waals surface area contributed by atoms with Crippen LogP contribution < -0.4 is 5.32 Å². The fourth-order valence-corrected chi connectivity index (χ4v) is 3.30. The number of thioether (sulfide) groups is 1. The van der Waals surface area contributed by atoms with Crippen molar-refractivity contribution >= 4 is 11.8 Å². The van der Waals surface area contributed by atoms with Crippen molar-refractivity contribution in [1.29, 1.82) is 0 Å². The van der Waals surface area contributed by atoms with Crippen molar-refractivity contribution in [3.63, 3.8) is 0 Å². The van der Waals surface area contributed by atoms with Crippen molar-refractivity contribution in [1.82, 2.24) is 10.2 Å². The lowest BCUT2D eigenvalue weighted by molar-refractivity contribution is 0.209. The lowest BCUT2D eigenvalue weighted by Gasteiger charge is -2.37. The maximum atomic E-state index is 3.76. The van der Waals surface area contributed by atoms with Gasteiger partial charge in [-0.25, -0.2) is 0 Å². The smallest absolute Gasteiger partial charge is 0.0534 e. The van der Waals surface area contributed by atoms with Gasteiger partial charge in [0.2, 0.25) is 0 Å². The van der Waals surface area contributed by atoms with Crippen LogP contribution in [-0.2, 0) is 5.54 Å². The van der Waals surface area contributed by atoms with Gasteiger partial charge in [0.1, 0.15) is 0 Å². The molecule has 1 aromatic carbocycles. The van der Waals surface area contributed by atoms with Crippen LogP contribution in [-0.4, -0.2) is 42.1 Å². The molecule has 0 bridgehead atoms. The van der Waals surface area contributed by atoms with Crippen LogP contribution in [0.25, 0.3) is 0 Å². The third-order valence-corrected chi connectivity index (χ3v) is 5.51. The maximum absolute atomic E-state index is 3.76. The van der Waals surface area contributed by atoms with Crippen molar-refractivity contribution in [3.05, 3.63) is 35.9 Å². The molecule has 0 saturated carbocycles. The minimum absolute atomic E-state index is 0.0618. The van der Waals surface area contributed by atoms with E-state index in [1.54, 1.807) is 0 Å². The number of nitrogens with zero attached hydrogens (tertiary/aromatic N) is 1. The molecule has 1 fully saturated rings. The molecule has 1 saturated heterocycles. The first-order valence-corrected chi connectivity index (χ1v) is 8.76. The predicted molar refractivity (Wildman–Crippen MR) is 90.4 cm³/mol. The molecule has 0 amide bonds. The van der Waals surface area contributed by atoms with E-state index in [0.717, 1.165) is 19.6 Å². The first-order valence-electron chi connectivity index (χ1n) is 7.53. The van der Waals surface area contributed by atoms with E-state index in [4.69, 9.17) is 0 Å². The quantitative estimate of drug-likeness (QED) is 0.916. The van der Waals surface area contributed by atoms with Gasteiger partial charge in [0, 0.05) is 17.8 Å². The van der Waals surface area contributed by atoms with Crippen molar-refractivity contribution in [3.8, 4) is 0 Å². The lowest BCUT2D eigenvalue weighted by Crippen LogP contribution is -2.48. The molecule has 1 N–H and O–H groups in total. The highest BCUT2D eigenvalue weighted by molar-refractivity contribution is 7.99. The zero-order valence-electron chi connectivity index (χ0n) is 13.3. The Kier molecular flexibility index (Phi) is 5.16. The van der Waals surface area contributed by atoms with E-state index >= 15 is 0 Å². The summed E-state index contributed by atoms with van der Waals surface area (Å²) in [5.74, 6) is 0. The zero-order chi connectivity index (χ0) is 14.6. The molecule has 20 heavy (non-hydrogen) atoms. The second kappa shape index (κ2) is 6.50. The van der Waals surface area contributed by atoms with Gasteiger partial charge >= 0.3 is 0 Å². The van der Waals surface area contributed by atoms with Crippen LogP contribution in [0, 0.1) is 0 Å². The van der Waals surface area contributed by atoms with E-state index in [2.05, 4.69) is 67.6 Å². The third-order valence-electron chi connectivity index (χ3n) is 4.27. The van der Waals surface area contributed by atoms with Gasteiger partial charge in [-0.15, -0.1) is 0 Å². The number of benzene rings is 1. The van der Waals surface area contributed by atoms with Gasteiger partial charge in [0.25, 0.3) is 0 Å². The molecule has 1 aromatic rings. The third kappa shape index (κ3) is 4.00. The Labute approximate surface area is 128 Å². The molecule has 1 atom stereocenters. The molecular weight excluding hydrogens is 264 g/mol. The van der Waals surface area contributed by atoms with Crippen molar-refractivity contribution in [2.24, 2.45) is 0 Å². The first kappa shape index (κ1) is 15.9. The molecule has 0 spiro atoms. The predicted octanol–water partition coefficient (Wildman–Crippen LogP) is 3.34. The zero-order valence-corrected chi connectivity index (χ0v) is 14.1. The normalized spacial score (nSPS) is 25.4. The van der Waals surface area contributed by atoms with Gasteiger partial charge in [-0.1, -0.05) is 30.3 Å². The maximum Gasteiger partial charge on any atom is 0.0534 e. The molecule has 3 heteroatoms. The molecule has 112 valence electrons. The van der Waals surface area contributed by atoms with E-state index < -0.39 is 0 Å². The van der Waals surface area contributed by atoms with Gasteiger partial charge < -0.3 is 5.32 Å². The lowest BCUT2D eigenvalue weighted by atomic mass is 9.91. The minimum Gasteiger partial charge on any atom is -0.307 e. The van der Waals surface area contributed by atoms with E-state index in [-0.39, 0.29) is 5.54 Å². The minimum atomic E-state index is 0.0618. The summed E-state index contributed by atoms with van der Waals surface area (Å²) in [6.45, 7) is 11.6. The Balaban J connectivity index is 2.14. The van der Waals surface area contributed by atoms with Gasteiger partial charge in [0.05, 0.1) is 5.54 Å². The Hall–Kier alpha value is -0.510. The van der Waals surface area contributed by atoms with Crippen LogP contribution >= 0.6 is 11.8 Å². The standard InChI is InChI=1S/C17H28N2S/c1-16(2,20-4)13-19-12-8-11-18-17(3,14-19)15-9-6-5-7-10-15/h5-7,9-10,18H,8,11-14H2,1-4H3. The van der Waals surface area contributed by atoms with E-state index in [1.165, 1.54) is 18.5 Å². The van der Waals surface area contributed by atoms with Crippen LogP contribution in [0.15, 0.2) is 30.3 Å². The summed E-state index contributed by atoms with van der Waals surface area (Å²) in [4.78, 5) is 2.63. The van der Waals surface area contributed by atoms with E-state index in [0.29, 0.717) is 4.75 Å². The molecule has 1 aliphatic rings. The van der Waals surface area contributed by atoms with Gasteiger partial charge in [0.15, 0.2) is 0 Å². The van der Waals surface area contributed by atoms with E-state index in [9.17, 15) is 0 Å². The van der Waals surface area contributed by atoms with Crippen LogP contribution in [0.5, 0.6) is 0 Å². The number of hydrogen-bond acceptors (Lipinski definition) is 3. The fraction of sp³-hybridized carbons (Fsp3) is 0.647. The van der Waals surface area contributed by atoms with E-state index in [1.807, 2.05) is 11.8 Å². The Morgan fingerprint density at radius 2 is 2.00 bits per heavy atom. The summed E-state index contributed by atoms with van der Waals surface area (Å²) >= 11 is 1.96. The molecule has 2 nitrogen and oxygen atoms in total. The largest absolute Gasteiger partial charge is 0.307 e. The molecular formula is C17H28N2S. The Morgan fingerprint density at radius 1 is 1.30 bits per heavy atom. The molecule has 1 aliphatic heterocycles. The number of hydrogen-bond donors (Lipinski definition) is 1. The highest BCUT2D eigenvalue weighted by Gasteiger charge is 2.32. The van der Waals surface area contributed by atoms with Crippen LogP contribution in [0.2, 0.25) is 0 Å². The summed E-state index contributed by atoms with van der Waals surface area (Å²) in [6.07, 6.45) is 3.44. The summed E-state index contributed by atoms with van der Waals surface area (Å²) < 4.78 is 0.321.